The fourth-order valence-corrected chi connectivity index (χ4v) is 1.80. The fraction of sp³-hybridized carbons (Fsp3) is 0.231. The highest BCUT2D eigenvalue weighted by Crippen LogP contribution is 2.25. The van der Waals surface area contributed by atoms with Crippen LogP contribution in [0.5, 0.6) is 0 Å². The number of nitrogens with one attached hydrogen (secondary N) is 1. The quantitative estimate of drug-likeness (QED) is 0.660. The maximum atomic E-state index is 10.7. The molecule has 1 unspecified atom stereocenters. The molecule has 0 radical (unpaired) electrons. The molecule has 0 aliphatic rings. The molecule has 5 nitrogen and oxygen atoms in total. The third-order valence-corrected chi connectivity index (χ3v) is 2.82. The van der Waals surface area contributed by atoms with Gasteiger partial charge >= 0.3 is 0 Å². The number of anilines is 1. The van der Waals surface area contributed by atoms with Crippen LogP contribution in [0.2, 0.25) is 0 Å². The van der Waals surface area contributed by atoms with E-state index in [1.54, 1.807) is 31.6 Å². The van der Waals surface area contributed by atoms with Gasteiger partial charge in [-0.05, 0) is 32.0 Å². The lowest BCUT2D eigenvalue weighted by Crippen LogP contribution is -2.05. The van der Waals surface area contributed by atoms with Crippen LogP contribution >= 0.6 is 0 Å². The molecule has 0 aliphatic heterocycles. The molecule has 0 spiro atoms. The summed E-state index contributed by atoms with van der Waals surface area (Å²) in [5.74, 6) is 0. The first-order chi connectivity index (χ1) is 8.58. The molecule has 1 N–H and O–H groups in total. The highest BCUT2D eigenvalue weighted by Gasteiger charge is 2.12. The average molecular weight is 246 g/mol. The van der Waals surface area contributed by atoms with E-state index < -0.39 is 0 Å². The molecule has 0 saturated carbocycles. The van der Waals surface area contributed by atoms with Gasteiger partial charge in [-0.25, -0.2) is 0 Å². The summed E-state index contributed by atoms with van der Waals surface area (Å²) >= 11 is 0. The van der Waals surface area contributed by atoms with Gasteiger partial charge in [0, 0.05) is 22.9 Å². The van der Waals surface area contributed by atoms with E-state index in [0.29, 0.717) is 5.56 Å². The molecule has 1 aromatic heterocycles. The zero-order chi connectivity index (χ0) is 13.1. The number of nitrogens with zero attached hydrogens (tertiary/aromatic N) is 1. The van der Waals surface area contributed by atoms with Crippen LogP contribution < -0.4 is 5.32 Å². The Labute approximate surface area is 105 Å². The minimum Gasteiger partial charge on any atom is -0.472 e. The second-order valence-corrected chi connectivity index (χ2v) is 4.18. The Balaban J connectivity index is 2.15. The van der Waals surface area contributed by atoms with Crippen LogP contribution in [0.1, 0.15) is 24.1 Å². The normalized spacial score (nSPS) is 12.1. The summed E-state index contributed by atoms with van der Waals surface area (Å²) in [6.45, 7) is 3.73. The number of hydrogen-bond donors (Lipinski definition) is 1. The maximum absolute atomic E-state index is 10.7. The second-order valence-electron chi connectivity index (χ2n) is 4.18. The largest absolute Gasteiger partial charge is 0.472 e. The summed E-state index contributed by atoms with van der Waals surface area (Å²) in [7, 11) is 0. The molecule has 0 bridgehead atoms. The monoisotopic (exact) mass is 246 g/mol. The summed E-state index contributed by atoms with van der Waals surface area (Å²) in [6.07, 6.45) is 3.30. The van der Waals surface area contributed by atoms with Gasteiger partial charge in [0.1, 0.15) is 0 Å². The van der Waals surface area contributed by atoms with E-state index in [-0.39, 0.29) is 16.7 Å². The molecule has 0 aliphatic carbocycles. The highest BCUT2D eigenvalue weighted by atomic mass is 16.6. The van der Waals surface area contributed by atoms with Crippen LogP contribution in [-0.2, 0) is 0 Å². The van der Waals surface area contributed by atoms with Gasteiger partial charge in [0.25, 0.3) is 5.69 Å². The molecule has 0 amide bonds. The fourth-order valence-electron chi connectivity index (χ4n) is 1.80. The number of benzene rings is 1. The van der Waals surface area contributed by atoms with E-state index in [0.717, 1.165) is 11.3 Å². The molecule has 1 atom stereocenters. The van der Waals surface area contributed by atoms with E-state index in [9.17, 15) is 10.1 Å². The minimum atomic E-state index is -0.376. The zero-order valence-corrected chi connectivity index (χ0v) is 10.2. The molecule has 2 aromatic rings. The number of nitro benzene ring substituents is 1. The van der Waals surface area contributed by atoms with Gasteiger partial charge in [-0.15, -0.1) is 0 Å². The van der Waals surface area contributed by atoms with Gasteiger partial charge in [0.05, 0.1) is 23.5 Å². The average Bonchev–Trinajstić information content (AvgIpc) is 2.81. The van der Waals surface area contributed by atoms with Crippen molar-refractivity contribution in [1.29, 1.82) is 0 Å². The number of rotatable bonds is 4. The number of furan rings is 1. The standard InChI is InChI=1S/C13H14N2O3/c1-9-7-12(3-4-13(9)15(16)17)14-10(2)11-5-6-18-8-11/h3-8,10,14H,1-2H3. The van der Waals surface area contributed by atoms with Gasteiger partial charge in [0.15, 0.2) is 0 Å². The predicted octanol–water partition coefficient (Wildman–Crippen LogP) is 3.67. The molecule has 0 saturated heterocycles. The molecule has 1 heterocycles. The van der Waals surface area contributed by atoms with Crippen LogP contribution in [0.4, 0.5) is 11.4 Å². The maximum Gasteiger partial charge on any atom is 0.272 e. The third kappa shape index (κ3) is 2.51. The van der Waals surface area contributed by atoms with Gasteiger partial charge in [-0.1, -0.05) is 0 Å². The first-order valence-corrected chi connectivity index (χ1v) is 5.61. The molecule has 5 heteroatoms. The van der Waals surface area contributed by atoms with Crippen molar-refractivity contribution in [2.75, 3.05) is 5.32 Å². The van der Waals surface area contributed by atoms with Crippen molar-refractivity contribution in [3.05, 3.63) is 58.0 Å². The van der Waals surface area contributed by atoms with Crippen LogP contribution in [0.3, 0.4) is 0 Å². The van der Waals surface area contributed by atoms with Crippen LogP contribution in [0.15, 0.2) is 41.2 Å². The van der Waals surface area contributed by atoms with Crippen molar-refractivity contribution in [3.63, 3.8) is 0 Å². The lowest BCUT2D eigenvalue weighted by atomic mass is 10.1. The van der Waals surface area contributed by atoms with Gasteiger partial charge in [0.2, 0.25) is 0 Å². The summed E-state index contributed by atoms with van der Waals surface area (Å²) in [5, 5.41) is 14.0. The molecule has 2 rings (SSSR count). The Morgan fingerprint density at radius 1 is 1.39 bits per heavy atom. The van der Waals surface area contributed by atoms with E-state index in [4.69, 9.17) is 4.42 Å². The van der Waals surface area contributed by atoms with Crippen molar-refractivity contribution < 1.29 is 9.34 Å². The third-order valence-electron chi connectivity index (χ3n) is 2.82. The molecule has 1 aromatic carbocycles. The lowest BCUT2D eigenvalue weighted by molar-refractivity contribution is -0.385. The molecular formula is C13H14N2O3. The van der Waals surface area contributed by atoms with Crippen molar-refractivity contribution in [3.8, 4) is 0 Å². The Kier molecular flexibility index (Phi) is 3.32. The van der Waals surface area contributed by atoms with Gasteiger partial charge < -0.3 is 9.73 Å². The summed E-state index contributed by atoms with van der Waals surface area (Å²) < 4.78 is 5.02. The van der Waals surface area contributed by atoms with Crippen molar-refractivity contribution in [2.45, 2.75) is 19.9 Å². The van der Waals surface area contributed by atoms with E-state index >= 15 is 0 Å². The Hall–Kier alpha value is -2.30. The lowest BCUT2D eigenvalue weighted by Gasteiger charge is -2.13. The van der Waals surface area contributed by atoms with Crippen molar-refractivity contribution in [1.82, 2.24) is 0 Å². The first kappa shape index (κ1) is 12.2. The molecular weight excluding hydrogens is 232 g/mol. The molecule has 0 fully saturated rings. The highest BCUT2D eigenvalue weighted by molar-refractivity contribution is 5.54. The number of aryl methyl sites for hydroxylation is 1. The summed E-state index contributed by atoms with van der Waals surface area (Å²) in [6, 6.07) is 6.97. The number of nitro groups is 1. The van der Waals surface area contributed by atoms with Crippen LogP contribution in [0, 0.1) is 17.0 Å². The van der Waals surface area contributed by atoms with E-state index in [1.807, 2.05) is 13.0 Å². The second kappa shape index (κ2) is 4.91. The Morgan fingerprint density at radius 2 is 2.17 bits per heavy atom. The van der Waals surface area contributed by atoms with Gasteiger partial charge in [-0.2, -0.15) is 0 Å². The molecule has 94 valence electrons. The predicted molar refractivity (Wildman–Crippen MR) is 68.6 cm³/mol. The summed E-state index contributed by atoms with van der Waals surface area (Å²) in [5.41, 5.74) is 2.67. The summed E-state index contributed by atoms with van der Waals surface area (Å²) in [4.78, 5) is 10.3. The topological polar surface area (TPSA) is 68.3 Å². The van der Waals surface area contributed by atoms with Crippen LogP contribution in [0.25, 0.3) is 0 Å². The molecule has 18 heavy (non-hydrogen) atoms. The van der Waals surface area contributed by atoms with Crippen molar-refractivity contribution in [2.24, 2.45) is 0 Å². The number of hydrogen-bond acceptors (Lipinski definition) is 4. The Bertz CT molecular complexity index is 549. The SMILES string of the molecule is Cc1cc(NC(C)c2ccoc2)ccc1[N+](=O)[O-]. The van der Waals surface area contributed by atoms with E-state index in [2.05, 4.69) is 5.32 Å². The Morgan fingerprint density at radius 3 is 2.72 bits per heavy atom. The zero-order valence-electron chi connectivity index (χ0n) is 10.2. The van der Waals surface area contributed by atoms with E-state index in [1.165, 1.54) is 6.07 Å². The van der Waals surface area contributed by atoms with Crippen LogP contribution in [-0.4, -0.2) is 4.92 Å². The smallest absolute Gasteiger partial charge is 0.272 e. The minimum absolute atomic E-state index is 0.0876. The van der Waals surface area contributed by atoms with Crippen molar-refractivity contribution >= 4 is 11.4 Å². The van der Waals surface area contributed by atoms with Gasteiger partial charge in [-0.3, -0.25) is 10.1 Å². The first-order valence-electron chi connectivity index (χ1n) is 5.61.